The highest BCUT2D eigenvalue weighted by atomic mass is 32.2. The van der Waals surface area contributed by atoms with Crippen LogP contribution in [0, 0.1) is 0 Å². The second-order valence-corrected chi connectivity index (χ2v) is 9.49. The van der Waals surface area contributed by atoms with E-state index in [0.29, 0.717) is 17.7 Å². The van der Waals surface area contributed by atoms with Crippen LogP contribution in [0.4, 0.5) is 0 Å². The standard InChI is InChI=1S/C14H24N2O2S2/c1-9(2)13-12(7-15-10(3)4)19-14(16-13)11-5-6-20(17,18)8-11/h9-11,15H,5-8H2,1-4H3. The van der Waals surface area contributed by atoms with Crippen LogP contribution in [0.1, 0.15) is 61.5 Å². The first kappa shape index (κ1) is 15.9. The molecule has 0 saturated carbocycles. The first-order valence-electron chi connectivity index (χ1n) is 7.22. The summed E-state index contributed by atoms with van der Waals surface area (Å²) in [5.41, 5.74) is 1.13. The van der Waals surface area contributed by atoms with Gasteiger partial charge in [-0.05, 0) is 12.3 Å². The summed E-state index contributed by atoms with van der Waals surface area (Å²) in [6.45, 7) is 9.36. The molecule has 1 aliphatic heterocycles. The number of nitrogens with zero attached hydrogens (tertiary/aromatic N) is 1. The molecule has 1 saturated heterocycles. The van der Waals surface area contributed by atoms with Crippen LogP contribution in [0.15, 0.2) is 0 Å². The zero-order chi connectivity index (χ0) is 14.9. The molecular weight excluding hydrogens is 292 g/mol. The van der Waals surface area contributed by atoms with E-state index >= 15 is 0 Å². The van der Waals surface area contributed by atoms with Crippen LogP contribution >= 0.6 is 11.3 Å². The van der Waals surface area contributed by atoms with Gasteiger partial charge in [-0.1, -0.05) is 27.7 Å². The van der Waals surface area contributed by atoms with E-state index in [9.17, 15) is 8.42 Å². The van der Waals surface area contributed by atoms with E-state index in [-0.39, 0.29) is 11.7 Å². The molecule has 1 aromatic rings. The maximum absolute atomic E-state index is 11.6. The van der Waals surface area contributed by atoms with Crippen molar-refractivity contribution in [1.29, 1.82) is 0 Å². The average molecular weight is 316 g/mol. The van der Waals surface area contributed by atoms with E-state index in [1.54, 1.807) is 11.3 Å². The molecule has 20 heavy (non-hydrogen) atoms. The fraction of sp³-hybridized carbons (Fsp3) is 0.786. The van der Waals surface area contributed by atoms with E-state index in [2.05, 4.69) is 33.0 Å². The van der Waals surface area contributed by atoms with E-state index < -0.39 is 9.84 Å². The van der Waals surface area contributed by atoms with Crippen LogP contribution in [-0.2, 0) is 16.4 Å². The van der Waals surface area contributed by atoms with Crippen LogP contribution in [0.3, 0.4) is 0 Å². The monoisotopic (exact) mass is 316 g/mol. The van der Waals surface area contributed by atoms with Gasteiger partial charge < -0.3 is 5.32 Å². The number of nitrogens with one attached hydrogen (secondary N) is 1. The highest BCUT2D eigenvalue weighted by molar-refractivity contribution is 7.91. The smallest absolute Gasteiger partial charge is 0.151 e. The molecule has 0 bridgehead atoms. The molecule has 0 amide bonds. The predicted molar refractivity (Wildman–Crippen MR) is 84.2 cm³/mol. The van der Waals surface area contributed by atoms with Crippen molar-refractivity contribution in [1.82, 2.24) is 10.3 Å². The molecule has 1 atom stereocenters. The van der Waals surface area contributed by atoms with Gasteiger partial charge >= 0.3 is 0 Å². The minimum absolute atomic E-state index is 0.107. The molecule has 4 nitrogen and oxygen atoms in total. The van der Waals surface area contributed by atoms with Crippen LogP contribution in [0.5, 0.6) is 0 Å². The molecule has 1 aliphatic rings. The molecule has 0 aliphatic carbocycles. The predicted octanol–water partition coefficient (Wildman–Crippen LogP) is 2.67. The van der Waals surface area contributed by atoms with Crippen molar-refractivity contribution in [3.8, 4) is 0 Å². The lowest BCUT2D eigenvalue weighted by Gasteiger charge is -2.09. The van der Waals surface area contributed by atoms with Gasteiger partial charge in [0.1, 0.15) is 0 Å². The molecule has 6 heteroatoms. The van der Waals surface area contributed by atoms with Gasteiger partial charge in [0.05, 0.1) is 22.2 Å². The Kier molecular flexibility index (Phi) is 4.87. The normalized spacial score (nSPS) is 22.0. The lowest BCUT2D eigenvalue weighted by atomic mass is 10.1. The van der Waals surface area contributed by atoms with Gasteiger partial charge in [-0.25, -0.2) is 13.4 Å². The van der Waals surface area contributed by atoms with Gasteiger partial charge in [0, 0.05) is 23.4 Å². The van der Waals surface area contributed by atoms with Crippen molar-refractivity contribution >= 4 is 21.2 Å². The number of aromatic nitrogens is 1. The molecule has 1 unspecified atom stereocenters. The van der Waals surface area contributed by atoms with Gasteiger partial charge in [-0.15, -0.1) is 11.3 Å². The van der Waals surface area contributed by atoms with Crippen LogP contribution < -0.4 is 5.32 Å². The molecule has 2 heterocycles. The second kappa shape index (κ2) is 6.12. The third-order valence-electron chi connectivity index (χ3n) is 3.54. The summed E-state index contributed by atoms with van der Waals surface area (Å²) in [6.07, 6.45) is 0.727. The maximum Gasteiger partial charge on any atom is 0.151 e. The summed E-state index contributed by atoms with van der Waals surface area (Å²) in [6, 6.07) is 0.437. The molecule has 0 aromatic carbocycles. The van der Waals surface area contributed by atoms with Gasteiger partial charge in [0.2, 0.25) is 0 Å². The molecule has 114 valence electrons. The van der Waals surface area contributed by atoms with Crippen LogP contribution in [-0.4, -0.2) is 30.9 Å². The topological polar surface area (TPSA) is 59.1 Å². The van der Waals surface area contributed by atoms with Crippen molar-refractivity contribution < 1.29 is 8.42 Å². The van der Waals surface area contributed by atoms with E-state index in [1.807, 2.05) is 0 Å². The molecular formula is C14H24N2O2S2. The minimum atomic E-state index is -2.84. The summed E-state index contributed by atoms with van der Waals surface area (Å²) >= 11 is 1.69. The number of hydrogen-bond acceptors (Lipinski definition) is 5. The summed E-state index contributed by atoms with van der Waals surface area (Å²) in [5, 5.41) is 4.44. The summed E-state index contributed by atoms with van der Waals surface area (Å²) in [5.74, 6) is 1.07. The maximum atomic E-state index is 11.6. The van der Waals surface area contributed by atoms with E-state index in [4.69, 9.17) is 4.98 Å². The Morgan fingerprint density at radius 1 is 1.35 bits per heavy atom. The van der Waals surface area contributed by atoms with Gasteiger partial charge in [0.25, 0.3) is 0 Å². The lowest BCUT2D eigenvalue weighted by molar-refractivity contribution is 0.587. The molecule has 1 N–H and O–H groups in total. The van der Waals surface area contributed by atoms with Crippen LogP contribution in [0.2, 0.25) is 0 Å². The largest absolute Gasteiger partial charge is 0.310 e. The van der Waals surface area contributed by atoms with E-state index in [0.717, 1.165) is 23.7 Å². The van der Waals surface area contributed by atoms with Crippen molar-refractivity contribution in [2.75, 3.05) is 11.5 Å². The third-order valence-corrected chi connectivity index (χ3v) is 6.55. The Balaban J connectivity index is 2.21. The Morgan fingerprint density at radius 2 is 2.05 bits per heavy atom. The van der Waals surface area contributed by atoms with Crippen molar-refractivity contribution in [2.24, 2.45) is 0 Å². The van der Waals surface area contributed by atoms with Crippen molar-refractivity contribution in [2.45, 2.75) is 58.5 Å². The second-order valence-electron chi connectivity index (χ2n) is 6.15. The minimum Gasteiger partial charge on any atom is -0.310 e. The lowest BCUT2D eigenvalue weighted by Crippen LogP contribution is -2.22. The number of hydrogen-bond donors (Lipinski definition) is 1. The van der Waals surface area contributed by atoms with Gasteiger partial charge in [0.15, 0.2) is 9.84 Å². The molecule has 1 fully saturated rings. The fourth-order valence-corrected chi connectivity index (χ4v) is 5.58. The molecule has 0 spiro atoms. The number of sulfone groups is 1. The van der Waals surface area contributed by atoms with E-state index in [1.165, 1.54) is 4.88 Å². The van der Waals surface area contributed by atoms with Crippen LogP contribution in [0.25, 0.3) is 0 Å². The number of rotatable bonds is 5. The fourth-order valence-electron chi connectivity index (χ4n) is 2.42. The highest BCUT2D eigenvalue weighted by Crippen LogP contribution is 2.35. The molecule has 2 rings (SSSR count). The Hall–Kier alpha value is -0.460. The Bertz CT molecular complexity index is 562. The quantitative estimate of drug-likeness (QED) is 0.907. The summed E-state index contributed by atoms with van der Waals surface area (Å²) < 4.78 is 23.2. The highest BCUT2D eigenvalue weighted by Gasteiger charge is 2.32. The van der Waals surface area contributed by atoms with Gasteiger partial charge in [-0.3, -0.25) is 0 Å². The summed E-state index contributed by atoms with van der Waals surface area (Å²) in [7, 11) is -2.84. The Labute approximate surface area is 125 Å². The Morgan fingerprint density at radius 3 is 2.55 bits per heavy atom. The van der Waals surface area contributed by atoms with Crippen molar-refractivity contribution in [3.05, 3.63) is 15.6 Å². The SMILES string of the molecule is CC(C)NCc1sc(C2CCS(=O)(=O)C2)nc1C(C)C. The van der Waals surface area contributed by atoms with Gasteiger partial charge in [-0.2, -0.15) is 0 Å². The average Bonchev–Trinajstić information content (AvgIpc) is 2.89. The zero-order valence-electron chi connectivity index (χ0n) is 12.6. The molecule has 1 aromatic heterocycles. The zero-order valence-corrected chi connectivity index (χ0v) is 14.3. The first-order chi connectivity index (χ1) is 9.28. The first-order valence-corrected chi connectivity index (χ1v) is 9.85. The molecule has 0 radical (unpaired) electrons. The van der Waals surface area contributed by atoms with Crippen molar-refractivity contribution in [3.63, 3.8) is 0 Å². The summed E-state index contributed by atoms with van der Waals surface area (Å²) in [4.78, 5) is 6.01. The third kappa shape index (κ3) is 3.80. The number of thiazole rings is 1.